The quantitative estimate of drug-likeness (QED) is 0.790. The summed E-state index contributed by atoms with van der Waals surface area (Å²) < 4.78 is 1.77. The summed E-state index contributed by atoms with van der Waals surface area (Å²) in [6.07, 6.45) is 3.50. The van der Waals surface area contributed by atoms with Crippen LogP contribution in [0.25, 0.3) is 0 Å². The van der Waals surface area contributed by atoms with Crippen LogP contribution in [0.1, 0.15) is 12.7 Å². The van der Waals surface area contributed by atoms with Gasteiger partial charge in [0.1, 0.15) is 17.5 Å². The first-order chi connectivity index (χ1) is 8.78. The number of hydrogen-bond donors (Lipinski definition) is 2. The van der Waals surface area contributed by atoms with Gasteiger partial charge in [-0.05, 0) is 13.8 Å². The molecule has 0 radical (unpaired) electrons. The zero-order valence-corrected chi connectivity index (χ0v) is 10.6. The number of aryl methyl sites for hydroxylation is 1. The Hall–Kier alpha value is -2.18. The zero-order chi connectivity index (χ0) is 12.8. The topological polar surface area (TPSA) is 80.5 Å². The van der Waals surface area contributed by atoms with Gasteiger partial charge in [0, 0.05) is 25.4 Å². The van der Waals surface area contributed by atoms with E-state index in [9.17, 15) is 0 Å². The van der Waals surface area contributed by atoms with Gasteiger partial charge in [-0.15, -0.1) is 5.10 Å². The highest BCUT2D eigenvalue weighted by Gasteiger charge is 2.00. The molecule has 2 aromatic heterocycles. The molecule has 0 aromatic carbocycles. The number of nitrogens with one attached hydrogen (secondary N) is 2. The zero-order valence-electron chi connectivity index (χ0n) is 10.6. The van der Waals surface area contributed by atoms with Gasteiger partial charge in [-0.2, -0.15) is 0 Å². The molecule has 7 heteroatoms. The van der Waals surface area contributed by atoms with Crippen molar-refractivity contribution in [2.75, 3.05) is 23.7 Å². The lowest BCUT2D eigenvalue weighted by molar-refractivity contribution is 0.608. The molecule has 7 nitrogen and oxygen atoms in total. The Bertz CT molecular complexity index is 480. The van der Waals surface area contributed by atoms with E-state index in [0.717, 1.165) is 37.1 Å². The largest absolute Gasteiger partial charge is 0.370 e. The molecule has 2 aromatic rings. The van der Waals surface area contributed by atoms with E-state index < -0.39 is 0 Å². The van der Waals surface area contributed by atoms with Crippen LogP contribution in [0.2, 0.25) is 0 Å². The lowest BCUT2D eigenvalue weighted by atomic mass is 10.4. The lowest BCUT2D eigenvalue weighted by Crippen LogP contribution is -2.13. The minimum Gasteiger partial charge on any atom is -0.370 e. The van der Waals surface area contributed by atoms with Crippen LogP contribution in [-0.4, -0.2) is 38.1 Å². The van der Waals surface area contributed by atoms with Gasteiger partial charge in [0.2, 0.25) is 0 Å². The molecule has 96 valence electrons. The van der Waals surface area contributed by atoms with Crippen LogP contribution < -0.4 is 10.6 Å². The van der Waals surface area contributed by atoms with Gasteiger partial charge in [-0.25, -0.2) is 9.97 Å². The van der Waals surface area contributed by atoms with Crippen molar-refractivity contribution in [3.63, 3.8) is 0 Å². The SMILES string of the molecule is CCNc1cc(NCCn2ccnn2)nc(C)n1. The second-order valence-corrected chi connectivity index (χ2v) is 3.81. The van der Waals surface area contributed by atoms with Crippen LogP contribution in [0.15, 0.2) is 18.5 Å². The second-order valence-electron chi connectivity index (χ2n) is 3.81. The summed E-state index contributed by atoms with van der Waals surface area (Å²) in [6.45, 7) is 6.25. The third-order valence-electron chi connectivity index (χ3n) is 2.31. The summed E-state index contributed by atoms with van der Waals surface area (Å²) in [5, 5.41) is 14.1. The van der Waals surface area contributed by atoms with Crippen molar-refractivity contribution in [2.24, 2.45) is 0 Å². The van der Waals surface area contributed by atoms with Crippen molar-refractivity contribution in [1.82, 2.24) is 25.0 Å². The van der Waals surface area contributed by atoms with Gasteiger partial charge in [-0.3, -0.25) is 4.68 Å². The molecule has 0 bridgehead atoms. The predicted molar refractivity (Wildman–Crippen MR) is 69.4 cm³/mol. The lowest BCUT2D eigenvalue weighted by Gasteiger charge is -2.09. The highest BCUT2D eigenvalue weighted by molar-refractivity contribution is 5.47. The first kappa shape index (κ1) is 12.3. The summed E-state index contributed by atoms with van der Waals surface area (Å²) in [6, 6.07) is 1.90. The van der Waals surface area contributed by atoms with Gasteiger partial charge >= 0.3 is 0 Å². The fourth-order valence-electron chi connectivity index (χ4n) is 1.58. The summed E-state index contributed by atoms with van der Waals surface area (Å²) in [5.74, 6) is 2.41. The molecule has 0 spiro atoms. The Balaban J connectivity index is 1.92. The minimum atomic E-state index is 0.741. The molecule has 0 aliphatic rings. The Morgan fingerprint density at radius 2 is 2.00 bits per heavy atom. The molecular weight excluding hydrogens is 230 g/mol. The second kappa shape index (κ2) is 5.95. The summed E-state index contributed by atoms with van der Waals surface area (Å²) in [4.78, 5) is 8.62. The van der Waals surface area contributed by atoms with Crippen molar-refractivity contribution in [3.05, 3.63) is 24.3 Å². The van der Waals surface area contributed by atoms with Crippen LogP contribution in [0, 0.1) is 6.92 Å². The highest BCUT2D eigenvalue weighted by atomic mass is 15.4. The number of aromatic nitrogens is 5. The van der Waals surface area contributed by atoms with Crippen LogP contribution >= 0.6 is 0 Å². The maximum Gasteiger partial charge on any atom is 0.131 e. The Labute approximate surface area is 106 Å². The molecule has 18 heavy (non-hydrogen) atoms. The monoisotopic (exact) mass is 247 g/mol. The summed E-state index contributed by atoms with van der Waals surface area (Å²) in [5.41, 5.74) is 0. The average Bonchev–Trinajstić information content (AvgIpc) is 2.82. The van der Waals surface area contributed by atoms with Gasteiger partial charge in [-0.1, -0.05) is 5.21 Å². The van der Waals surface area contributed by atoms with E-state index in [1.54, 1.807) is 10.9 Å². The summed E-state index contributed by atoms with van der Waals surface area (Å²) >= 11 is 0. The molecule has 0 saturated heterocycles. The van der Waals surface area contributed by atoms with Gasteiger partial charge in [0.05, 0.1) is 12.7 Å². The Morgan fingerprint density at radius 1 is 1.22 bits per heavy atom. The van der Waals surface area contributed by atoms with Crippen molar-refractivity contribution >= 4 is 11.6 Å². The van der Waals surface area contributed by atoms with E-state index in [0.29, 0.717) is 0 Å². The molecule has 0 aliphatic heterocycles. The third-order valence-corrected chi connectivity index (χ3v) is 2.31. The van der Waals surface area contributed by atoms with Crippen molar-refractivity contribution < 1.29 is 0 Å². The van der Waals surface area contributed by atoms with E-state index in [1.807, 2.05) is 26.1 Å². The Kier molecular flexibility index (Phi) is 4.06. The van der Waals surface area contributed by atoms with Gasteiger partial charge < -0.3 is 10.6 Å². The normalized spacial score (nSPS) is 10.3. The third kappa shape index (κ3) is 3.41. The van der Waals surface area contributed by atoms with E-state index in [4.69, 9.17) is 0 Å². The van der Waals surface area contributed by atoms with Crippen LogP contribution in [0.4, 0.5) is 11.6 Å². The smallest absolute Gasteiger partial charge is 0.131 e. The molecule has 2 rings (SSSR count). The van der Waals surface area contributed by atoms with Gasteiger partial charge in [0.25, 0.3) is 0 Å². The molecule has 0 aliphatic carbocycles. The van der Waals surface area contributed by atoms with E-state index in [1.165, 1.54) is 0 Å². The van der Waals surface area contributed by atoms with Crippen molar-refractivity contribution in [1.29, 1.82) is 0 Å². The molecule has 0 saturated carbocycles. The van der Waals surface area contributed by atoms with Crippen molar-refractivity contribution in [2.45, 2.75) is 20.4 Å². The average molecular weight is 247 g/mol. The van der Waals surface area contributed by atoms with Crippen LogP contribution in [0.3, 0.4) is 0 Å². The van der Waals surface area contributed by atoms with E-state index in [2.05, 4.69) is 30.9 Å². The molecule has 0 unspecified atom stereocenters. The van der Waals surface area contributed by atoms with Crippen LogP contribution in [0.5, 0.6) is 0 Å². The maximum atomic E-state index is 4.33. The van der Waals surface area contributed by atoms with Crippen molar-refractivity contribution in [3.8, 4) is 0 Å². The molecule has 0 amide bonds. The molecular formula is C11H17N7. The van der Waals surface area contributed by atoms with E-state index >= 15 is 0 Å². The predicted octanol–water partition coefficient (Wildman–Crippen LogP) is 0.920. The number of nitrogens with zero attached hydrogens (tertiary/aromatic N) is 5. The molecule has 0 fully saturated rings. The maximum absolute atomic E-state index is 4.33. The number of anilines is 2. The number of hydrogen-bond acceptors (Lipinski definition) is 6. The fourth-order valence-corrected chi connectivity index (χ4v) is 1.58. The molecule has 2 N–H and O–H groups in total. The van der Waals surface area contributed by atoms with Crippen LogP contribution in [-0.2, 0) is 6.54 Å². The molecule has 2 heterocycles. The Morgan fingerprint density at radius 3 is 2.67 bits per heavy atom. The number of rotatable bonds is 6. The minimum absolute atomic E-state index is 0.741. The fraction of sp³-hybridized carbons (Fsp3) is 0.455. The summed E-state index contributed by atoms with van der Waals surface area (Å²) in [7, 11) is 0. The molecule has 0 atom stereocenters. The standard InChI is InChI=1S/C11H17N7/c1-3-12-10-8-11(16-9(2)15-10)13-4-6-18-7-5-14-17-18/h5,7-8H,3-4,6H2,1-2H3,(H2,12,13,15,16). The first-order valence-corrected chi connectivity index (χ1v) is 5.95. The highest BCUT2D eigenvalue weighted by Crippen LogP contribution is 2.10. The first-order valence-electron chi connectivity index (χ1n) is 5.95. The van der Waals surface area contributed by atoms with Gasteiger partial charge in [0.15, 0.2) is 0 Å². The van der Waals surface area contributed by atoms with E-state index in [-0.39, 0.29) is 0 Å².